The minimum absolute atomic E-state index is 0.130. The average molecular weight is 437 g/mol. The normalized spacial score (nSPS) is 10.6. The summed E-state index contributed by atoms with van der Waals surface area (Å²) in [6, 6.07) is 8.24. The summed E-state index contributed by atoms with van der Waals surface area (Å²) in [4.78, 5) is 15.4. The number of halogens is 2. The maximum absolute atomic E-state index is 14.3. The highest BCUT2D eigenvalue weighted by atomic mass is 127. The summed E-state index contributed by atoms with van der Waals surface area (Å²) in [6.45, 7) is 1.92. The second-order valence-corrected chi connectivity index (χ2v) is 6.45. The summed E-state index contributed by atoms with van der Waals surface area (Å²) in [6.07, 6.45) is 4.58. The second-order valence-electron chi connectivity index (χ2n) is 5.21. The first kappa shape index (κ1) is 16.4. The molecule has 1 aromatic heterocycles. The van der Waals surface area contributed by atoms with Crippen LogP contribution in [0.25, 0.3) is 5.69 Å². The molecule has 0 fully saturated rings. The van der Waals surface area contributed by atoms with Crippen molar-refractivity contribution in [3.05, 3.63) is 69.6 Å². The van der Waals surface area contributed by atoms with Gasteiger partial charge in [-0.2, -0.15) is 0 Å². The van der Waals surface area contributed by atoms with Crippen molar-refractivity contribution in [2.24, 2.45) is 0 Å². The smallest absolute Gasteiger partial charge is 0.337 e. The van der Waals surface area contributed by atoms with Crippen molar-refractivity contribution in [1.82, 2.24) is 9.55 Å². The first-order chi connectivity index (χ1) is 11.5. The van der Waals surface area contributed by atoms with Gasteiger partial charge in [0.15, 0.2) is 0 Å². The molecule has 0 unspecified atom stereocenters. The largest absolute Gasteiger partial charge is 0.478 e. The Kier molecular flexibility index (Phi) is 4.52. The Bertz CT molecular complexity index is 910. The standard InChI is InChI=1S/C17H13FIN3O2/c1-10-6-11(19)2-3-14(10)21-15-8-16(22-5-4-20-9-22)13(18)7-12(15)17(23)24/h2-9,21H,1H3,(H,23,24). The zero-order chi connectivity index (χ0) is 17.3. The van der Waals surface area contributed by atoms with E-state index in [1.165, 1.54) is 23.2 Å². The summed E-state index contributed by atoms with van der Waals surface area (Å²) >= 11 is 2.21. The number of nitrogens with zero attached hydrogens (tertiary/aromatic N) is 2. The van der Waals surface area contributed by atoms with Crippen molar-refractivity contribution in [3.8, 4) is 5.69 Å². The number of aromatic nitrogens is 2. The van der Waals surface area contributed by atoms with E-state index in [2.05, 4.69) is 32.9 Å². The van der Waals surface area contributed by atoms with Crippen LogP contribution in [0.3, 0.4) is 0 Å². The predicted molar refractivity (Wildman–Crippen MR) is 97.7 cm³/mol. The van der Waals surface area contributed by atoms with Crippen molar-refractivity contribution in [2.45, 2.75) is 6.92 Å². The number of aromatic carboxylic acids is 1. The average Bonchev–Trinajstić information content (AvgIpc) is 3.05. The zero-order valence-electron chi connectivity index (χ0n) is 12.6. The molecule has 7 heteroatoms. The minimum Gasteiger partial charge on any atom is -0.478 e. The quantitative estimate of drug-likeness (QED) is 0.596. The molecule has 0 aliphatic carbocycles. The Balaban J connectivity index is 2.10. The molecule has 3 rings (SSSR count). The number of carbonyl (C=O) groups is 1. The number of benzene rings is 2. The summed E-state index contributed by atoms with van der Waals surface area (Å²) in [5, 5.41) is 12.5. The van der Waals surface area contributed by atoms with Gasteiger partial charge in [-0.15, -0.1) is 0 Å². The van der Waals surface area contributed by atoms with Crippen LogP contribution in [0.5, 0.6) is 0 Å². The number of imidazole rings is 1. The van der Waals surface area contributed by atoms with Crippen LogP contribution in [0, 0.1) is 16.3 Å². The van der Waals surface area contributed by atoms with Crippen molar-refractivity contribution in [2.75, 3.05) is 5.32 Å². The molecule has 122 valence electrons. The first-order valence-corrected chi connectivity index (χ1v) is 8.12. The molecule has 2 N–H and O–H groups in total. The third-order valence-corrected chi connectivity index (χ3v) is 4.23. The van der Waals surface area contributed by atoms with Gasteiger partial charge in [0.25, 0.3) is 0 Å². The van der Waals surface area contributed by atoms with Gasteiger partial charge in [0.05, 0.1) is 23.3 Å². The predicted octanol–water partition coefficient (Wildman–Crippen LogP) is 4.37. The Morgan fingerprint density at radius 2 is 2.08 bits per heavy atom. The Morgan fingerprint density at radius 3 is 2.71 bits per heavy atom. The van der Waals surface area contributed by atoms with E-state index in [1.54, 1.807) is 6.20 Å². The molecule has 1 heterocycles. The Hall–Kier alpha value is -2.42. The molecule has 0 aliphatic heterocycles. The lowest BCUT2D eigenvalue weighted by Crippen LogP contribution is -2.07. The Morgan fingerprint density at radius 1 is 1.29 bits per heavy atom. The number of hydrogen-bond donors (Lipinski definition) is 2. The van der Waals surface area contributed by atoms with Gasteiger partial charge < -0.3 is 15.0 Å². The molecule has 0 aliphatic rings. The molecule has 3 aromatic rings. The lowest BCUT2D eigenvalue weighted by atomic mass is 10.1. The van der Waals surface area contributed by atoms with E-state index in [4.69, 9.17) is 0 Å². The fraction of sp³-hybridized carbons (Fsp3) is 0.0588. The highest BCUT2D eigenvalue weighted by Crippen LogP contribution is 2.28. The number of aryl methyl sites for hydroxylation is 1. The number of anilines is 2. The van der Waals surface area contributed by atoms with E-state index in [9.17, 15) is 14.3 Å². The zero-order valence-corrected chi connectivity index (χ0v) is 14.8. The van der Waals surface area contributed by atoms with E-state index < -0.39 is 11.8 Å². The molecule has 0 saturated heterocycles. The van der Waals surface area contributed by atoms with Crippen molar-refractivity contribution >= 4 is 39.9 Å². The van der Waals surface area contributed by atoms with Crippen molar-refractivity contribution in [1.29, 1.82) is 0 Å². The highest BCUT2D eigenvalue weighted by Gasteiger charge is 2.17. The van der Waals surface area contributed by atoms with Crippen molar-refractivity contribution < 1.29 is 14.3 Å². The number of rotatable bonds is 4. The number of nitrogens with one attached hydrogen (secondary N) is 1. The van der Waals surface area contributed by atoms with Gasteiger partial charge in [-0.25, -0.2) is 14.2 Å². The van der Waals surface area contributed by atoms with Gasteiger partial charge in [-0.3, -0.25) is 0 Å². The van der Waals surface area contributed by atoms with Gasteiger partial charge >= 0.3 is 5.97 Å². The van der Waals surface area contributed by atoms with Crippen LogP contribution >= 0.6 is 22.6 Å². The SMILES string of the molecule is Cc1cc(I)ccc1Nc1cc(-n2ccnc2)c(F)cc1C(=O)O. The van der Waals surface area contributed by atoms with Crippen LogP contribution in [0.2, 0.25) is 0 Å². The highest BCUT2D eigenvalue weighted by molar-refractivity contribution is 14.1. The molecule has 0 bridgehead atoms. The monoisotopic (exact) mass is 437 g/mol. The molecule has 2 aromatic carbocycles. The van der Waals surface area contributed by atoms with E-state index in [0.717, 1.165) is 20.9 Å². The summed E-state index contributed by atoms with van der Waals surface area (Å²) in [5.41, 5.74) is 2.14. The number of carboxylic acids is 1. The molecule has 24 heavy (non-hydrogen) atoms. The minimum atomic E-state index is -1.20. The molecule has 0 amide bonds. The maximum atomic E-state index is 14.3. The lowest BCUT2D eigenvalue weighted by Gasteiger charge is -2.15. The molecular formula is C17H13FIN3O2. The summed E-state index contributed by atoms with van der Waals surface area (Å²) in [7, 11) is 0. The van der Waals surface area contributed by atoms with Crippen LogP contribution in [-0.2, 0) is 0 Å². The van der Waals surface area contributed by atoms with Gasteiger partial charge in [0.2, 0.25) is 0 Å². The van der Waals surface area contributed by atoms with Crippen LogP contribution in [0.15, 0.2) is 49.1 Å². The molecular weight excluding hydrogens is 424 g/mol. The topological polar surface area (TPSA) is 67.2 Å². The molecule has 5 nitrogen and oxygen atoms in total. The number of hydrogen-bond acceptors (Lipinski definition) is 3. The fourth-order valence-electron chi connectivity index (χ4n) is 2.35. The molecule has 0 saturated carbocycles. The fourth-order valence-corrected chi connectivity index (χ4v) is 3.00. The second kappa shape index (κ2) is 6.60. The van der Waals surface area contributed by atoms with Gasteiger partial charge in [-0.1, -0.05) is 0 Å². The molecule has 0 spiro atoms. The molecule has 0 radical (unpaired) electrons. The van der Waals surface area contributed by atoms with E-state index in [0.29, 0.717) is 5.69 Å². The third kappa shape index (κ3) is 3.25. The lowest BCUT2D eigenvalue weighted by molar-refractivity contribution is 0.0697. The third-order valence-electron chi connectivity index (χ3n) is 3.56. The first-order valence-electron chi connectivity index (χ1n) is 7.04. The summed E-state index contributed by atoms with van der Waals surface area (Å²) < 4.78 is 16.9. The van der Waals surface area contributed by atoms with Crippen LogP contribution in [0.4, 0.5) is 15.8 Å². The van der Waals surface area contributed by atoms with Crippen molar-refractivity contribution in [3.63, 3.8) is 0 Å². The summed E-state index contributed by atoms with van der Waals surface area (Å²) in [5.74, 6) is -1.83. The Labute approximate surface area is 151 Å². The van der Waals surface area contributed by atoms with Gasteiger partial charge in [0, 0.05) is 21.7 Å². The van der Waals surface area contributed by atoms with E-state index in [1.807, 2.05) is 25.1 Å². The van der Waals surface area contributed by atoms with Crippen LogP contribution in [-0.4, -0.2) is 20.6 Å². The van der Waals surface area contributed by atoms with Crippen LogP contribution in [0.1, 0.15) is 15.9 Å². The van der Waals surface area contributed by atoms with Gasteiger partial charge in [-0.05, 0) is 65.4 Å². The molecule has 0 atom stereocenters. The number of carboxylic acid groups (broad SMARTS) is 1. The maximum Gasteiger partial charge on any atom is 0.337 e. The van der Waals surface area contributed by atoms with E-state index >= 15 is 0 Å². The van der Waals surface area contributed by atoms with Gasteiger partial charge in [0.1, 0.15) is 5.82 Å². The van der Waals surface area contributed by atoms with E-state index in [-0.39, 0.29) is 11.3 Å². The van der Waals surface area contributed by atoms with Crippen LogP contribution < -0.4 is 5.32 Å².